The quantitative estimate of drug-likeness (QED) is 0.399. The van der Waals surface area contributed by atoms with E-state index in [1.54, 1.807) is 5.57 Å². The third-order valence-electron chi connectivity index (χ3n) is 7.41. The summed E-state index contributed by atoms with van der Waals surface area (Å²) in [6, 6.07) is 18.4. The molecule has 4 rings (SSSR count). The van der Waals surface area contributed by atoms with Gasteiger partial charge in [0.2, 0.25) is 0 Å². The van der Waals surface area contributed by atoms with Crippen molar-refractivity contribution < 1.29 is 0 Å². The van der Waals surface area contributed by atoms with Crippen molar-refractivity contribution in [1.29, 1.82) is 0 Å². The van der Waals surface area contributed by atoms with E-state index in [1.807, 2.05) is 0 Å². The highest BCUT2D eigenvalue weighted by atomic mass is 14.2. The SMILES string of the molecule is C=CC1CCC(/C=C/c2ccc(-c3ccc(C4CC=C(CCC)CC4)cc3)cc2)CC1. The van der Waals surface area contributed by atoms with Crippen LogP contribution >= 0.6 is 0 Å². The van der Waals surface area contributed by atoms with Gasteiger partial charge in [0.1, 0.15) is 0 Å². The van der Waals surface area contributed by atoms with Gasteiger partial charge in [-0.3, -0.25) is 0 Å². The van der Waals surface area contributed by atoms with Gasteiger partial charge in [0, 0.05) is 0 Å². The predicted octanol–water partition coefficient (Wildman–Crippen LogP) is 9.35. The zero-order chi connectivity index (χ0) is 21.5. The van der Waals surface area contributed by atoms with Crippen molar-refractivity contribution >= 4 is 6.08 Å². The minimum Gasteiger partial charge on any atom is -0.103 e. The monoisotopic (exact) mass is 410 g/mol. The fourth-order valence-electron chi connectivity index (χ4n) is 5.29. The van der Waals surface area contributed by atoms with Crippen LogP contribution in [0, 0.1) is 11.8 Å². The number of allylic oxidation sites excluding steroid dienone is 4. The summed E-state index contributed by atoms with van der Waals surface area (Å²) in [5.41, 5.74) is 7.11. The number of hydrogen-bond donors (Lipinski definition) is 0. The molecule has 0 heterocycles. The van der Waals surface area contributed by atoms with Gasteiger partial charge in [-0.2, -0.15) is 0 Å². The van der Waals surface area contributed by atoms with Crippen LogP contribution in [0.3, 0.4) is 0 Å². The molecule has 0 amide bonds. The Morgan fingerprint density at radius 3 is 2.06 bits per heavy atom. The molecule has 2 aromatic rings. The zero-order valence-electron chi connectivity index (χ0n) is 19.2. The second-order valence-corrected chi connectivity index (χ2v) is 9.60. The molecule has 162 valence electrons. The summed E-state index contributed by atoms with van der Waals surface area (Å²) in [5.74, 6) is 2.17. The van der Waals surface area contributed by atoms with E-state index in [9.17, 15) is 0 Å². The van der Waals surface area contributed by atoms with Crippen molar-refractivity contribution in [3.63, 3.8) is 0 Å². The standard InChI is InChI=1S/C31H38/c1-3-5-25-12-16-28(17-13-25)30-20-22-31(23-21-30)29-18-14-27(15-19-29)11-10-26-8-6-24(4-2)7-9-26/h4,10-12,14-15,18-24,26,28H,2-3,5-9,13,16-17H2,1H3/b11-10+. The van der Waals surface area contributed by atoms with E-state index in [-0.39, 0.29) is 0 Å². The molecule has 2 aromatic carbocycles. The van der Waals surface area contributed by atoms with Crippen molar-refractivity contribution in [1.82, 2.24) is 0 Å². The maximum Gasteiger partial charge on any atom is -0.0124 e. The van der Waals surface area contributed by atoms with Gasteiger partial charge in [0.05, 0.1) is 0 Å². The summed E-state index contributed by atoms with van der Waals surface area (Å²) in [5, 5.41) is 0. The lowest BCUT2D eigenvalue weighted by atomic mass is 9.82. The molecule has 0 saturated heterocycles. The van der Waals surface area contributed by atoms with Gasteiger partial charge in [-0.15, -0.1) is 6.58 Å². The first-order chi connectivity index (χ1) is 15.2. The van der Waals surface area contributed by atoms with Crippen LogP contribution in [0.25, 0.3) is 17.2 Å². The van der Waals surface area contributed by atoms with Crippen molar-refractivity contribution in [2.45, 2.75) is 70.6 Å². The molecule has 1 unspecified atom stereocenters. The molecule has 2 aliphatic rings. The Morgan fingerprint density at radius 2 is 1.48 bits per heavy atom. The van der Waals surface area contributed by atoms with Gasteiger partial charge < -0.3 is 0 Å². The normalized spacial score (nSPS) is 24.2. The molecule has 1 saturated carbocycles. The fourth-order valence-corrected chi connectivity index (χ4v) is 5.29. The van der Waals surface area contributed by atoms with Crippen LogP contribution in [0.4, 0.5) is 0 Å². The van der Waals surface area contributed by atoms with E-state index in [0.29, 0.717) is 5.92 Å². The molecule has 0 N–H and O–H groups in total. The molecule has 1 fully saturated rings. The molecule has 31 heavy (non-hydrogen) atoms. The first-order valence-electron chi connectivity index (χ1n) is 12.4. The number of hydrogen-bond acceptors (Lipinski definition) is 0. The highest BCUT2D eigenvalue weighted by Crippen LogP contribution is 2.34. The topological polar surface area (TPSA) is 0 Å². The van der Waals surface area contributed by atoms with Crippen molar-refractivity contribution in [3.8, 4) is 11.1 Å². The van der Waals surface area contributed by atoms with Crippen molar-refractivity contribution in [2.24, 2.45) is 11.8 Å². The minimum atomic E-state index is 0.698. The average molecular weight is 411 g/mol. The van der Waals surface area contributed by atoms with Crippen LogP contribution in [0.5, 0.6) is 0 Å². The molecular formula is C31H38. The second kappa shape index (κ2) is 10.8. The van der Waals surface area contributed by atoms with Crippen LogP contribution in [0.2, 0.25) is 0 Å². The Morgan fingerprint density at radius 1 is 0.839 bits per heavy atom. The van der Waals surface area contributed by atoms with E-state index in [2.05, 4.69) is 86.3 Å². The van der Waals surface area contributed by atoms with Crippen LogP contribution in [-0.4, -0.2) is 0 Å². The summed E-state index contributed by atoms with van der Waals surface area (Å²) < 4.78 is 0. The Balaban J connectivity index is 1.34. The highest BCUT2D eigenvalue weighted by molar-refractivity contribution is 5.66. The molecule has 0 radical (unpaired) electrons. The highest BCUT2D eigenvalue weighted by Gasteiger charge is 2.17. The summed E-state index contributed by atoms with van der Waals surface area (Å²) in [6.07, 6.45) is 20.9. The van der Waals surface area contributed by atoms with Crippen LogP contribution in [0.15, 0.2) is 78.9 Å². The Kier molecular flexibility index (Phi) is 7.62. The fraction of sp³-hybridized carbons (Fsp3) is 0.419. The third kappa shape index (κ3) is 5.88. The summed E-state index contributed by atoms with van der Waals surface area (Å²) in [4.78, 5) is 0. The number of rotatable bonds is 7. The predicted molar refractivity (Wildman–Crippen MR) is 136 cm³/mol. The van der Waals surface area contributed by atoms with E-state index >= 15 is 0 Å². The largest absolute Gasteiger partial charge is 0.103 e. The van der Waals surface area contributed by atoms with Gasteiger partial charge in [0.15, 0.2) is 0 Å². The van der Waals surface area contributed by atoms with Crippen LogP contribution in [-0.2, 0) is 0 Å². The van der Waals surface area contributed by atoms with Crippen LogP contribution < -0.4 is 0 Å². The Bertz CT molecular complexity index is 886. The first-order valence-corrected chi connectivity index (χ1v) is 12.4. The van der Waals surface area contributed by atoms with E-state index < -0.39 is 0 Å². The van der Waals surface area contributed by atoms with Gasteiger partial charge in [0.25, 0.3) is 0 Å². The first kappa shape index (κ1) is 21.9. The Hall–Kier alpha value is -2.34. The lowest BCUT2D eigenvalue weighted by Gasteiger charge is -2.24. The van der Waals surface area contributed by atoms with Crippen LogP contribution in [0.1, 0.15) is 81.8 Å². The molecule has 0 aromatic heterocycles. The molecule has 1 atom stereocenters. The minimum absolute atomic E-state index is 0.698. The molecule has 0 aliphatic heterocycles. The third-order valence-corrected chi connectivity index (χ3v) is 7.41. The molecule has 0 heteroatoms. The summed E-state index contributed by atoms with van der Waals surface area (Å²) >= 11 is 0. The van der Waals surface area contributed by atoms with Crippen molar-refractivity contribution in [2.75, 3.05) is 0 Å². The molecule has 0 bridgehead atoms. The average Bonchev–Trinajstić information content (AvgIpc) is 2.84. The Labute approximate surface area is 189 Å². The maximum absolute atomic E-state index is 3.95. The zero-order valence-corrected chi connectivity index (χ0v) is 19.2. The van der Waals surface area contributed by atoms with Gasteiger partial charge in [-0.25, -0.2) is 0 Å². The smallest absolute Gasteiger partial charge is 0.0124 e. The van der Waals surface area contributed by atoms with Crippen molar-refractivity contribution in [3.05, 3.63) is 90.0 Å². The molecular weight excluding hydrogens is 372 g/mol. The maximum atomic E-state index is 3.95. The van der Waals surface area contributed by atoms with Gasteiger partial charge in [-0.05, 0) is 91.4 Å². The molecule has 2 aliphatic carbocycles. The van der Waals surface area contributed by atoms with Gasteiger partial charge >= 0.3 is 0 Å². The molecule has 0 spiro atoms. The second-order valence-electron chi connectivity index (χ2n) is 9.60. The van der Waals surface area contributed by atoms with Gasteiger partial charge in [-0.1, -0.05) is 91.8 Å². The summed E-state index contributed by atoms with van der Waals surface area (Å²) in [7, 11) is 0. The van der Waals surface area contributed by atoms with E-state index in [4.69, 9.17) is 0 Å². The lowest BCUT2D eigenvalue weighted by molar-refractivity contribution is 0.357. The van der Waals surface area contributed by atoms with E-state index in [1.165, 1.54) is 80.0 Å². The lowest BCUT2D eigenvalue weighted by Crippen LogP contribution is -2.10. The number of benzene rings is 2. The summed E-state index contributed by atoms with van der Waals surface area (Å²) in [6.45, 7) is 6.23. The molecule has 0 nitrogen and oxygen atoms in total. The van der Waals surface area contributed by atoms with E-state index in [0.717, 1.165) is 11.8 Å².